The zero-order valence-electron chi connectivity index (χ0n) is 12.9. The Bertz CT molecular complexity index is 589. The molecule has 1 nitrogen and oxygen atoms in total. The Hall–Kier alpha value is -1.89. The second-order valence-corrected chi connectivity index (χ2v) is 6.38. The minimum absolute atomic E-state index is 0.128. The van der Waals surface area contributed by atoms with Crippen molar-refractivity contribution in [2.24, 2.45) is 0 Å². The van der Waals surface area contributed by atoms with Crippen LogP contribution in [0.25, 0.3) is 0 Å². The molecular weight excluding hydrogens is 256 g/mol. The number of carbonyl (C=O) groups is 1. The van der Waals surface area contributed by atoms with Crippen LogP contribution in [-0.2, 0) is 10.2 Å². The number of benzene rings is 2. The van der Waals surface area contributed by atoms with E-state index in [0.717, 1.165) is 19.3 Å². The van der Waals surface area contributed by atoms with Crippen LogP contribution in [0, 0.1) is 13.8 Å². The summed E-state index contributed by atoms with van der Waals surface area (Å²) in [6.45, 7) is 4.21. The summed E-state index contributed by atoms with van der Waals surface area (Å²) in [6.07, 6.45) is 3.42. The highest BCUT2D eigenvalue weighted by Crippen LogP contribution is 2.43. The van der Waals surface area contributed by atoms with Crippen LogP contribution in [0.15, 0.2) is 48.5 Å². The zero-order valence-corrected chi connectivity index (χ0v) is 12.9. The lowest BCUT2D eigenvalue weighted by atomic mass is 9.65. The average Bonchev–Trinajstić information content (AvgIpc) is 2.48. The van der Waals surface area contributed by atoms with E-state index in [0.29, 0.717) is 12.2 Å². The van der Waals surface area contributed by atoms with Crippen molar-refractivity contribution < 1.29 is 4.79 Å². The van der Waals surface area contributed by atoms with Gasteiger partial charge in [-0.25, -0.2) is 0 Å². The highest BCUT2D eigenvalue weighted by atomic mass is 16.1. The largest absolute Gasteiger partial charge is 0.300 e. The number of carbonyl (C=O) groups excluding carboxylic acids is 1. The molecule has 0 aromatic heterocycles. The van der Waals surface area contributed by atoms with Gasteiger partial charge in [0, 0.05) is 18.3 Å². The molecule has 0 atom stereocenters. The summed E-state index contributed by atoms with van der Waals surface area (Å²) in [6, 6.07) is 17.4. The van der Waals surface area contributed by atoms with E-state index in [1.165, 1.54) is 22.3 Å². The van der Waals surface area contributed by atoms with Gasteiger partial charge in [0.1, 0.15) is 5.78 Å². The molecule has 0 saturated heterocycles. The highest BCUT2D eigenvalue weighted by Gasteiger charge is 2.38. The molecule has 0 bridgehead atoms. The number of hydrogen-bond acceptors (Lipinski definition) is 1. The number of hydrogen-bond donors (Lipinski definition) is 0. The normalized spacial score (nSPS) is 17.7. The van der Waals surface area contributed by atoms with Gasteiger partial charge < -0.3 is 0 Å². The molecule has 3 rings (SSSR count). The summed E-state index contributed by atoms with van der Waals surface area (Å²) < 4.78 is 0. The minimum atomic E-state index is -0.128. The Morgan fingerprint density at radius 3 is 1.71 bits per heavy atom. The maximum absolute atomic E-state index is 12.2. The van der Waals surface area contributed by atoms with Gasteiger partial charge in [0.25, 0.3) is 0 Å². The third-order valence-corrected chi connectivity index (χ3v) is 4.77. The van der Waals surface area contributed by atoms with Crippen LogP contribution in [0.2, 0.25) is 0 Å². The molecule has 2 aromatic rings. The fraction of sp³-hybridized carbons (Fsp3) is 0.350. The topological polar surface area (TPSA) is 17.1 Å². The third-order valence-electron chi connectivity index (χ3n) is 4.77. The fourth-order valence-corrected chi connectivity index (χ4v) is 3.51. The average molecular weight is 278 g/mol. The fourth-order valence-electron chi connectivity index (χ4n) is 3.51. The van der Waals surface area contributed by atoms with Crippen LogP contribution in [0.4, 0.5) is 0 Å². The van der Waals surface area contributed by atoms with E-state index in [-0.39, 0.29) is 5.41 Å². The minimum Gasteiger partial charge on any atom is -0.300 e. The van der Waals surface area contributed by atoms with Crippen LogP contribution in [-0.4, -0.2) is 5.78 Å². The number of aryl methyl sites for hydroxylation is 2. The van der Waals surface area contributed by atoms with Crippen molar-refractivity contribution in [3.8, 4) is 0 Å². The van der Waals surface area contributed by atoms with E-state index in [1.54, 1.807) is 0 Å². The van der Waals surface area contributed by atoms with E-state index < -0.39 is 0 Å². The van der Waals surface area contributed by atoms with Gasteiger partial charge in [-0.15, -0.1) is 0 Å². The molecule has 0 unspecified atom stereocenters. The highest BCUT2D eigenvalue weighted by molar-refractivity contribution is 5.82. The molecule has 0 heterocycles. The predicted molar refractivity (Wildman–Crippen MR) is 86.6 cm³/mol. The van der Waals surface area contributed by atoms with Gasteiger partial charge in [-0.05, 0) is 37.8 Å². The molecule has 1 saturated carbocycles. The van der Waals surface area contributed by atoms with Crippen molar-refractivity contribution in [2.45, 2.75) is 44.9 Å². The van der Waals surface area contributed by atoms with E-state index in [4.69, 9.17) is 0 Å². The number of ketones is 1. The van der Waals surface area contributed by atoms with Crippen molar-refractivity contribution in [1.82, 2.24) is 0 Å². The summed E-state index contributed by atoms with van der Waals surface area (Å²) in [5.41, 5.74) is 4.96. The van der Waals surface area contributed by atoms with Gasteiger partial charge in [-0.1, -0.05) is 59.7 Å². The van der Waals surface area contributed by atoms with E-state index in [1.807, 2.05) is 0 Å². The SMILES string of the molecule is Cc1ccc(C2(c3ccc(C)cc3)CCCC(=O)C2)cc1. The summed E-state index contributed by atoms with van der Waals surface area (Å²) in [7, 11) is 0. The molecular formula is C20H22O. The lowest BCUT2D eigenvalue weighted by molar-refractivity contribution is -0.121. The Morgan fingerprint density at radius 1 is 0.810 bits per heavy atom. The van der Waals surface area contributed by atoms with Gasteiger partial charge in [0.05, 0.1) is 0 Å². The molecule has 0 spiro atoms. The van der Waals surface area contributed by atoms with Crippen molar-refractivity contribution in [3.63, 3.8) is 0 Å². The van der Waals surface area contributed by atoms with E-state index >= 15 is 0 Å². The molecule has 0 N–H and O–H groups in total. The van der Waals surface area contributed by atoms with Gasteiger partial charge in [-0.3, -0.25) is 4.79 Å². The summed E-state index contributed by atoms with van der Waals surface area (Å²) >= 11 is 0. The first-order chi connectivity index (χ1) is 10.1. The molecule has 0 aliphatic heterocycles. The number of Topliss-reactive ketones (excluding diaryl/α,β-unsaturated/α-hetero) is 1. The molecule has 2 aromatic carbocycles. The summed E-state index contributed by atoms with van der Waals surface area (Å²) in [5, 5.41) is 0. The lowest BCUT2D eigenvalue weighted by Gasteiger charge is -2.38. The molecule has 1 heteroatoms. The maximum atomic E-state index is 12.2. The molecule has 108 valence electrons. The Labute approximate surface area is 127 Å². The van der Waals surface area contributed by atoms with Crippen molar-refractivity contribution in [1.29, 1.82) is 0 Å². The molecule has 21 heavy (non-hydrogen) atoms. The predicted octanol–water partition coefficient (Wildman–Crippen LogP) is 4.73. The van der Waals surface area contributed by atoms with E-state index in [9.17, 15) is 4.79 Å². The summed E-state index contributed by atoms with van der Waals surface area (Å²) in [4.78, 5) is 12.2. The maximum Gasteiger partial charge on any atom is 0.134 e. The first-order valence-corrected chi connectivity index (χ1v) is 7.76. The van der Waals surface area contributed by atoms with Crippen LogP contribution >= 0.6 is 0 Å². The van der Waals surface area contributed by atoms with Gasteiger partial charge in [0.15, 0.2) is 0 Å². The first kappa shape index (κ1) is 14.1. The van der Waals surface area contributed by atoms with Gasteiger partial charge in [-0.2, -0.15) is 0 Å². The second kappa shape index (κ2) is 5.48. The monoisotopic (exact) mass is 278 g/mol. The van der Waals surface area contributed by atoms with Crippen LogP contribution in [0.1, 0.15) is 47.9 Å². The van der Waals surface area contributed by atoms with Crippen molar-refractivity contribution >= 4 is 5.78 Å². The summed E-state index contributed by atoms with van der Waals surface area (Å²) in [5.74, 6) is 0.391. The zero-order chi connectivity index (χ0) is 14.9. The Balaban J connectivity index is 2.12. The number of rotatable bonds is 2. The Morgan fingerprint density at radius 2 is 1.29 bits per heavy atom. The quantitative estimate of drug-likeness (QED) is 0.776. The van der Waals surface area contributed by atoms with Gasteiger partial charge in [0.2, 0.25) is 0 Å². The van der Waals surface area contributed by atoms with Crippen LogP contribution in [0.5, 0.6) is 0 Å². The standard InChI is InChI=1S/C20H22O/c1-15-5-9-17(10-6-15)20(13-3-4-19(21)14-20)18-11-7-16(2)8-12-18/h5-12H,3-4,13-14H2,1-2H3. The molecule has 0 amide bonds. The van der Waals surface area contributed by atoms with Crippen molar-refractivity contribution in [3.05, 3.63) is 70.8 Å². The lowest BCUT2D eigenvalue weighted by Crippen LogP contribution is -2.34. The van der Waals surface area contributed by atoms with E-state index in [2.05, 4.69) is 62.4 Å². The molecule has 1 fully saturated rings. The smallest absolute Gasteiger partial charge is 0.134 e. The second-order valence-electron chi connectivity index (χ2n) is 6.38. The molecule has 0 radical (unpaired) electrons. The van der Waals surface area contributed by atoms with Crippen molar-refractivity contribution in [2.75, 3.05) is 0 Å². The van der Waals surface area contributed by atoms with Gasteiger partial charge >= 0.3 is 0 Å². The molecule has 1 aliphatic carbocycles. The third kappa shape index (κ3) is 2.65. The Kier molecular flexibility index (Phi) is 3.67. The van der Waals surface area contributed by atoms with Crippen LogP contribution < -0.4 is 0 Å². The van der Waals surface area contributed by atoms with Crippen LogP contribution in [0.3, 0.4) is 0 Å². The first-order valence-electron chi connectivity index (χ1n) is 7.76. The molecule has 1 aliphatic rings.